The van der Waals surface area contributed by atoms with Gasteiger partial charge in [0.15, 0.2) is 0 Å². The number of benzene rings is 2. The van der Waals surface area contributed by atoms with Crippen molar-refractivity contribution in [3.05, 3.63) is 65.7 Å². The quantitative estimate of drug-likeness (QED) is 0.710. The second kappa shape index (κ2) is 8.46. The fraction of sp³-hybridized carbons (Fsp3) is 0.458. The largest absolute Gasteiger partial charge is 0.491 e. The van der Waals surface area contributed by atoms with Crippen molar-refractivity contribution in [2.75, 3.05) is 13.2 Å². The van der Waals surface area contributed by atoms with Crippen LogP contribution in [0.1, 0.15) is 45.7 Å². The van der Waals surface area contributed by atoms with Crippen LogP contribution in [-0.4, -0.2) is 41.6 Å². The molecular formula is C24H31NO4. The molecule has 0 aromatic heterocycles. The van der Waals surface area contributed by atoms with Gasteiger partial charge in [-0.2, -0.15) is 0 Å². The van der Waals surface area contributed by atoms with Crippen LogP contribution in [0.5, 0.6) is 5.75 Å². The van der Waals surface area contributed by atoms with Crippen LogP contribution in [0.25, 0.3) is 0 Å². The van der Waals surface area contributed by atoms with E-state index in [-0.39, 0.29) is 12.1 Å². The lowest BCUT2D eigenvalue weighted by Gasteiger charge is -2.35. The maximum Gasteiger partial charge on any atom is 0.413 e. The second-order valence-electron chi connectivity index (χ2n) is 8.88. The van der Waals surface area contributed by atoms with E-state index in [0.717, 1.165) is 12.2 Å². The van der Waals surface area contributed by atoms with Crippen molar-refractivity contribution in [3.8, 4) is 5.75 Å². The molecule has 0 radical (unpaired) electrons. The summed E-state index contributed by atoms with van der Waals surface area (Å²) in [5.41, 5.74) is 1.22. The van der Waals surface area contributed by atoms with Gasteiger partial charge >= 0.3 is 6.09 Å². The molecule has 0 bridgehead atoms. The van der Waals surface area contributed by atoms with Gasteiger partial charge in [0.25, 0.3) is 0 Å². The molecule has 3 rings (SSSR count). The van der Waals surface area contributed by atoms with Crippen LogP contribution >= 0.6 is 0 Å². The van der Waals surface area contributed by atoms with E-state index >= 15 is 0 Å². The molecule has 0 aliphatic carbocycles. The standard InChI is InChI=1S/C24H31NO4/c1-23(2,3)29-22(26)25-20(17-28-24(25,4)5)16-27-21-13-11-19(12-14-21)15-18-9-7-6-8-10-18/h6-14,20H,15-17H2,1-5H3/t20-/m1/s1. The minimum Gasteiger partial charge on any atom is -0.491 e. The third-order valence-electron chi connectivity index (χ3n) is 4.78. The van der Waals surface area contributed by atoms with Gasteiger partial charge in [-0.05, 0) is 64.3 Å². The molecule has 156 valence electrons. The lowest BCUT2D eigenvalue weighted by Crippen LogP contribution is -2.51. The Bertz CT molecular complexity index is 809. The Morgan fingerprint density at radius 3 is 2.31 bits per heavy atom. The Hall–Kier alpha value is -2.53. The minimum atomic E-state index is -0.726. The van der Waals surface area contributed by atoms with Crippen molar-refractivity contribution >= 4 is 6.09 Å². The van der Waals surface area contributed by atoms with E-state index in [0.29, 0.717) is 13.2 Å². The smallest absolute Gasteiger partial charge is 0.413 e. The predicted octanol–water partition coefficient (Wildman–Crippen LogP) is 5.03. The van der Waals surface area contributed by atoms with E-state index in [2.05, 4.69) is 24.3 Å². The molecule has 2 aromatic carbocycles. The maximum absolute atomic E-state index is 12.7. The van der Waals surface area contributed by atoms with Crippen molar-refractivity contribution in [2.45, 2.75) is 58.4 Å². The van der Waals surface area contributed by atoms with Crippen molar-refractivity contribution in [1.29, 1.82) is 0 Å². The van der Waals surface area contributed by atoms with Crippen molar-refractivity contribution in [1.82, 2.24) is 4.90 Å². The van der Waals surface area contributed by atoms with Gasteiger partial charge in [0, 0.05) is 0 Å². The van der Waals surface area contributed by atoms with E-state index in [1.54, 1.807) is 4.90 Å². The average molecular weight is 398 g/mol. The molecular weight excluding hydrogens is 366 g/mol. The summed E-state index contributed by atoms with van der Waals surface area (Å²) in [6, 6.07) is 18.2. The summed E-state index contributed by atoms with van der Waals surface area (Å²) in [4.78, 5) is 14.3. The molecule has 1 saturated heterocycles. The summed E-state index contributed by atoms with van der Waals surface area (Å²) >= 11 is 0. The number of ether oxygens (including phenoxy) is 3. The number of hydrogen-bond acceptors (Lipinski definition) is 4. The van der Waals surface area contributed by atoms with Crippen LogP contribution in [-0.2, 0) is 15.9 Å². The van der Waals surface area contributed by atoms with Gasteiger partial charge in [0.05, 0.1) is 12.6 Å². The Morgan fingerprint density at radius 2 is 1.69 bits per heavy atom. The SMILES string of the molecule is CC(C)(C)OC(=O)N1[C@H](COc2ccc(Cc3ccccc3)cc2)COC1(C)C. The number of carbonyl (C=O) groups is 1. The third-order valence-corrected chi connectivity index (χ3v) is 4.78. The summed E-state index contributed by atoms with van der Waals surface area (Å²) < 4.78 is 17.4. The molecule has 1 aliphatic heterocycles. The first-order valence-electron chi connectivity index (χ1n) is 10.1. The first kappa shape index (κ1) is 21.2. The number of hydrogen-bond donors (Lipinski definition) is 0. The fourth-order valence-electron chi connectivity index (χ4n) is 3.41. The molecule has 0 spiro atoms. The molecule has 5 nitrogen and oxygen atoms in total. The number of rotatable bonds is 5. The summed E-state index contributed by atoms with van der Waals surface area (Å²) in [6.45, 7) is 10.1. The fourth-order valence-corrected chi connectivity index (χ4v) is 3.41. The Balaban J connectivity index is 1.60. The van der Waals surface area contributed by atoms with Crippen LogP contribution in [0.3, 0.4) is 0 Å². The van der Waals surface area contributed by atoms with Gasteiger partial charge in [-0.1, -0.05) is 42.5 Å². The van der Waals surface area contributed by atoms with Crippen molar-refractivity contribution in [3.63, 3.8) is 0 Å². The van der Waals surface area contributed by atoms with E-state index in [4.69, 9.17) is 14.2 Å². The molecule has 1 aliphatic rings. The number of amides is 1. The lowest BCUT2D eigenvalue weighted by atomic mass is 10.1. The van der Waals surface area contributed by atoms with E-state index in [9.17, 15) is 4.79 Å². The Morgan fingerprint density at radius 1 is 1.07 bits per heavy atom. The predicted molar refractivity (Wildman–Crippen MR) is 113 cm³/mol. The zero-order valence-electron chi connectivity index (χ0n) is 18.0. The molecule has 2 aromatic rings. The summed E-state index contributed by atoms with van der Waals surface area (Å²) in [5.74, 6) is 0.774. The Labute approximate surface area is 173 Å². The summed E-state index contributed by atoms with van der Waals surface area (Å²) in [6.07, 6.45) is 0.505. The molecule has 0 N–H and O–H groups in total. The Kier molecular flexibility index (Phi) is 6.18. The first-order chi connectivity index (χ1) is 13.6. The molecule has 0 saturated carbocycles. The van der Waals surface area contributed by atoms with Gasteiger partial charge in [0.2, 0.25) is 0 Å². The third kappa shape index (κ3) is 5.73. The van der Waals surface area contributed by atoms with E-state index in [1.807, 2.05) is 65.0 Å². The van der Waals surface area contributed by atoms with Crippen LogP contribution in [0.15, 0.2) is 54.6 Å². The topological polar surface area (TPSA) is 48.0 Å². The van der Waals surface area contributed by atoms with Crippen molar-refractivity contribution in [2.24, 2.45) is 0 Å². The molecule has 1 atom stereocenters. The lowest BCUT2D eigenvalue weighted by molar-refractivity contribution is -0.0637. The zero-order valence-corrected chi connectivity index (χ0v) is 18.0. The monoisotopic (exact) mass is 397 g/mol. The zero-order chi connectivity index (χ0) is 21.1. The normalized spacial score (nSPS) is 18.5. The molecule has 1 heterocycles. The van der Waals surface area contributed by atoms with Gasteiger partial charge in [-0.15, -0.1) is 0 Å². The molecule has 5 heteroatoms. The van der Waals surface area contributed by atoms with Gasteiger partial charge in [-0.3, -0.25) is 4.90 Å². The summed E-state index contributed by atoms with van der Waals surface area (Å²) in [5, 5.41) is 0. The van der Waals surface area contributed by atoms with Gasteiger partial charge in [-0.25, -0.2) is 4.79 Å². The molecule has 0 unspecified atom stereocenters. The summed E-state index contributed by atoms with van der Waals surface area (Å²) in [7, 11) is 0. The van der Waals surface area contributed by atoms with Crippen LogP contribution in [0.4, 0.5) is 4.79 Å². The van der Waals surface area contributed by atoms with E-state index < -0.39 is 11.3 Å². The maximum atomic E-state index is 12.7. The highest BCUT2D eigenvalue weighted by Gasteiger charge is 2.46. The van der Waals surface area contributed by atoms with Gasteiger partial charge in [0.1, 0.15) is 23.7 Å². The van der Waals surface area contributed by atoms with Crippen LogP contribution in [0, 0.1) is 0 Å². The highest BCUT2D eigenvalue weighted by molar-refractivity contribution is 5.69. The first-order valence-corrected chi connectivity index (χ1v) is 10.1. The van der Waals surface area contributed by atoms with Crippen LogP contribution < -0.4 is 4.74 Å². The highest BCUT2D eigenvalue weighted by atomic mass is 16.6. The minimum absolute atomic E-state index is 0.205. The molecule has 1 fully saturated rings. The van der Waals surface area contributed by atoms with Crippen LogP contribution in [0.2, 0.25) is 0 Å². The number of carbonyl (C=O) groups excluding carboxylic acids is 1. The van der Waals surface area contributed by atoms with E-state index in [1.165, 1.54) is 11.1 Å². The number of nitrogens with zero attached hydrogens (tertiary/aromatic N) is 1. The average Bonchev–Trinajstić information content (AvgIpc) is 2.95. The van der Waals surface area contributed by atoms with Crippen molar-refractivity contribution < 1.29 is 19.0 Å². The second-order valence-corrected chi connectivity index (χ2v) is 8.88. The molecule has 1 amide bonds. The highest BCUT2D eigenvalue weighted by Crippen LogP contribution is 2.30. The van der Waals surface area contributed by atoms with Gasteiger partial charge < -0.3 is 14.2 Å². The molecule has 29 heavy (non-hydrogen) atoms.